The molecule has 13 heteroatoms. The molecule has 2 atom stereocenters. The molecular formula is C18H24N4O8S. The number of benzene rings is 1. The van der Waals surface area contributed by atoms with E-state index in [1.807, 2.05) is 0 Å². The Hall–Kier alpha value is -3.19. The Bertz CT molecular complexity index is 802. The number of carbonyl (C=O) groups excluding carboxylic acids is 2. The van der Waals surface area contributed by atoms with E-state index in [2.05, 4.69) is 10.6 Å². The lowest BCUT2D eigenvalue weighted by Gasteiger charge is -2.18. The van der Waals surface area contributed by atoms with Crippen LogP contribution >= 0.6 is 11.8 Å². The molecule has 0 saturated carbocycles. The molecule has 170 valence electrons. The van der Waals surface area contributed by atoms with Gasteiger partial charge in [-0.05, 0) is 24.2 Å². The molecule has 6 N–H and O–H groups in total. The molecule has 0 aliphatic heterocycles. The van der Waals surface area contributed by atoms with Crippen molar-refractivity contribution in [3.05, 3.63) is 39.9 Å². The van der Waals surface area contributed by atoms with Gasteiger partial charge in [-0.3, -0.25) is 29.3 Å². The van der Waals surface area contributed by atoms with Gasteiger partial charge in [0.15, 0.2) is 0 Å². The Kier molecular flexibility index (Phi) is 11.0. The van der Waals surface area contributed by atoms with Crippen molar-refractivity contribution in [1.29, 1.82) is 0 Å². The predicted molar refractivity (Wildman–Crippen MR) is 112 cm³/mol. The van der Waals surface area contributed by atoms with Gasteiger partial charge in [-0.2, -0.15) is 11.8 Å². The van der Waals surface area contributed by atoms with Crippen molar-refractivity contribution in [2.75, 3.05) is 18.1 Å². The van der Waals surface area contributed by atoms with Crippen LogP contribution in [0.3, 0.4) is 0 Å². The number of carboxylic acid groups (broad SMARTS) is 2. The second kappa shape index (κ2) is 13.2. The predicted octanol–water partition coefficient (Wildman–Crippen LogP) is -0.252. The lowest BCUT2D eigenvalue weighted by Crippen LogP contribution is -2.49. The first-order valence-electron chi connectivity index (χ1n) is 9.18. The summed E-state index contributed by atoms with van der Waals surface area (Å²) in [6.07, 6.45) is 0.245. The Morgan fingerprint density at radius 3 is 2.35 bits per heavy atom. The summed E-state index contributed by atoms with van der Waals surface area (Å²) >= 11 is 1.32. The van der Waals surface area contributed by atoms with Crippen LogP contribution in [-0.4, -0.2) is 69.0 Å². The fourth-order valence-corrected chi connectivity index (χ4v) is 3.34. The molecule has 0 aromatic heterocycles. The molecule has 1 aromatic carbocycles. The summed E-state index contributed by atoms with van der Waals surface area (Å²) in [5.74, 6) is -3.05. The van der Waals surface area contributed by atoms with Crippen LogP contribution in [-0.2, 0) is 25.6 Å². The molecule has 0 fully saturated rings. The van der Waals surface area contributed by atoms with E-state index in [9.17, 15) is 29.3 Å². The summed E-state index contributed by atoms with van der Waals surface area (Å²) in [5.41, 5.74) is 6.19. The summed E-state index contributed by atoms with van der Waals surface area (Å²) in [4.78, 5) is 55.8. The number of thioether (sulfide) groups is 1. The Morgan fingerprint density at radius 2 is 1.81 bits per heavy atom. The van der Waals surface area contributed by atoms with Gasteiger partial charge in [0.25, 0.3) is 5.69 Å². The van der Waals surface area contributed by atoms with Crippen molar-refractivity contribution in [3.63, 3.8) is 0 Å². The summed E-state index contributed by atoms with van der Waals surface area (Å²) in [6.45, 7) is -0.609. The Labute approximate surface area is 181 Å². The van der Waals surface area contributed by atoms with E-state index < -0.39 is 47.3 Å². The van der Waals surface area contributed by atoms with Crippen LogP contribution in [0, 0.1) is 10.1 Å². The molecular weight excluding hydrogens is 432 g/mol. The molecule has 31 heavy (non-hydrogen) atoms. The van der Waals surface area contributed by atoms with Crippen LogP contribution in [0.15, 0.2) is 24.3 Å². The van der Waals surface area contributed by atoms with E-state index in [1.165, 1.54) is 23.9 Å². The monoisotopic (exact) mass is 456 g/mol. The maximum absolute atomic E-state index is 12.2. The van der Waals surface area contributed by atoms with Crippen LogP contribution in [0.1, 0.15) is 18.4 Å². The Balaban J connectivity index is 2.57. The number of nitrogens with one attached hydrogen (secondary N) is 2. The average molecular weight is 456 g/mol. The minimum atomic E-state index is -1.25. The van der Waals surface area contributed by atoms with Crippen LogP contribution in [0.4, 0.5) is 5.69 Å². The third-order valence-electron chi connectivity index (χ3n) is 4.03. The highest BCUT2D eigenvalue weighted by atomic mass is 32.2. The normalized spacial score (nSPS) is 12.4. The molecule has 0 spiro atoms. The number of nitrogens with zero attached hydrogens (tertiary/aromatic N) is 1. The SMILES string of the molecule is N[C@@H](CCC(=O)N[C@@H](CSCCc1ccc([N+](=O)[O-])cc1)C(=O)NCC(=O)O)C(=O)O. The second-order valence-corrected chi connectivity index (χ2v) is 7.61. The first-order chi connectivity index (χ1) is 14.6. The molecule has 0 heterocycles. The van der Waals surface area contributed by atoms with E-state index in [1.54, 1.807) is 12.1 Å². The number of aliphatic carboxylic acids is 2. The number of hydrogen-bond donors (Lipinski definition) is 5. The molecule has 1 rings (SSSR count). The molecule has 0 radical (unpaired) electrons. The van der Waals surface area contributed by atoms with Crippen LogP contribution in [0.25, 0.3) is 0 Å². The van der Waals surface area contributed by atoms with Gasteiger partial charge in [-0.15, -0.1) is 0 Å². The zero-order valence-corrected chi connectivity index (χ0v) is 17.3. The van der Waals surface area contributed by atoms with E-state index in [-0.39, 0.29) is 24.3 Å². The van der Waals surface area contributed by atoms with Crippen LogP contribution in [0.5, 0.6) is 0 Å². The number of nitro benzene ring substituents is 1. The minimum absolute atomic E-state index is 0.0168. The second-order valence-electron chi connectivity index (χ2n) is 6.46. The van der Waals surface area contributed by atoms with Crippen molar-refractivity contribution in [2.24, 2.45) is 5.73 Å². The summed E-state index contributed by atoms with van der Waals surface area (Å²) in [5, 5.41) is 32.8. The maximum Gasteiger partial charge on any atom is 0.322 e. The first kappa shape index (κ1) is 25.8. The topological polar surface area (TPSA) is 202 Å². The number of nitrogens with two attached hydrogens (primary N) is 1. The van der Waals surface area contributed by atoms with Gasteiger partial charge in [0, 0.05) is 24.3 Å². The molecule has 0 saturated heterocycles. The Morgan fingerprint density at radius 1 is 1.16 bits per heavy atom. The number of rotatable bonds is 14. The van der Waals surface area contributed by atoms with Crippen molar-refractivity contribution >= 4 is 41.2 Å². The number of hydrogen-bond acceptors (Lipinski definition) is 8. The van der Waals surface area contributed by atoms with E-state index in [0.717, 1.165) is 5.56 Å². The first-order valence-corrected chi connectivity index (χ1v) is 10.3. The van der Waals surface area contributed by atoms with Gasteiger partial charge >= 0.3 is 11.9 Å². The summed E-state index contributed by atoms with van der Waals surface area (Å²) in [6, 6.07) is 3.82. The number of non-ortho nitro benzene ring substituents is 1. The highest BCUT2D eigenvalue weighted by Crippen LogP contribution is 2.14. The van der Waals surface area contributed by atoms with Crippen molar-refractivity contribution < 1.29 is 34.3 Å². The quantitative estimate of drug-likeness (QED) is 0.141. The van der Waals surface area contributed by atoms with Crippen LogP contribution in [0.2, 0.25) is 0 Å². The number of aryl methyl sites for hydroxylation is 1. The zero-order chi connectivity index (χ0) is 23.4. The number of amides is 2. The molecule has 0 aliphatic rings. The van der Waals surface area contributed by atoms with Gasteiger partial charge in [-0.25, -0.2) is 0 Å². The van der Waals surface area contributed by atoms with Crippen molar-refractivity contribution in [3.8, 4) is 0 Å². The number of nitro groups is 1. The third kappa shape index (κ3) is 10.4. The average Bonchev–Trinajstić information content (AvgIpc) is 2.72. The largest absolute Gasteiger partial charge is 0.480 e. The third-order valence-corrected chi connectivity index (χ3v) is 5.09. The fourth-order valence-electron chi connectivity index (χ4n) is 2.32. The van der Waals surface area contributed by atoms with E-state index in [4.69, 9.17) is 15.9 Å². The molecule has 2 amide bonds. The highest BCUT2D eigenvalue weighted by molar-refractivity contribution is 7.99. The summed E-state index contributed by atoms with van der Waals surface area (Å²) in [7, 11) is 0. The fraction of sp³-hybridized carbons (Fsp3) is 0.444. The summed E-state index contributed by atoms with van der Waals surface area (Å²) < 4.78 is 0. The lowest BCUT2D eigenvalue weighted by molar-refractivity contribution is -0.384. The minimum Gasteiger partial charge on any atom is -0.480 e. The van der Waals surface area contributed by atoms with Crippen molar-refractivity contribution in [2.45, 2.75) is 31.3 Å². The van der Waals surface area contributed by atoms with Gasteiger partial charge in [-0.1, -0.05) is 12.1 Å². The number of carboxylic acids is 2. The molecule has 1 aromatic rings. The van der Waals surface area contributed by atoms with Gasteiger partial charge < -0.3 is 26.6 Å². The van der Waals surface area contributed by atoms with Gasteiger partial charge in [0.1, 0.15) is 18.6 Å². The van der Waals surface area contributed by atoms with Crippen molar-refractivity contribution in [1.82, 2.24) is 10.6 Å². The lowest BCUT2D eigenvalue weighted by atomic mass is 10.1. The molecule has 0 aliphatic carbocycles. The standard InChI is InChI=1S/C18H24N4O8S/c19-13(18(27)28)5-6-15(23)21-14(17(26)20-9-16(24)25)10-31-8-7-11-1-3-12(4-2-11)22(29)30/h1-4,13-14H,5-10,19H2,(H,20,26)(H,21,23)(H,24,25)(H,27,28)/t13-,14-/m0/s1. The highest BCUT2D eigenvalue weighted by Gasteiger charge is 2.22. The van der Waals surface area contributed by atoms with E-state index in [0.29, 0.717) is 12.2 Å². The molecule has 0 unspecified atom stereocenters. The smallest absolute Gasteiger partial charge is 0.322 e. The zero-order valence-electron chi connectivity index (χ0n) is 16.5. The molecule has 12 nitrogen and oxygen atoms in total. The maximum atomic E-state index is 12.2. The molecule has 0 bridgehead atoms. The van der Waals surface area contributed by atoms with Crippen LogP contribution < -0.4 is 16.4 Å². The number of carbonyl (C=O) groups is 4. The van der Waals surface area contributed by atoms with E-state index >= 15 is 0 Å². The van der Waals surface area contributed by atoms with Gasteiger partial charge in [0.2, 0.25) is 11.8 Å². The van der Waals surface area contributed by atoms with Gasteiger partial charge in [0.05, 0.1) is 4.92 Å².